The Morgan fingerprint density at radius 2 is 2.12 bits per heavy atom. The zero-order valence-electron chi connectivity index (χ0n) is 14.9. The first kappa shape index (κ1) is 17.2. The van der Waals surface area contributed by atoms with Crippen molar-refractivity contribution in [3.63, 3.8) is 0 Å². The van der Waals surface area contributed by atoms with Gasteiger partial charge in [-0.15, -0.1) is 0 Å². The predicted molar refractivity (Wildman–Crippen MR) is 96.1 cm³/mol. The Balaban J connectivity index is 1.46. The maximum absolute atomic E-state index is 14.0. The fraction of sp³-hybridized carbons (Fsp3) is 0.611. The SMILES string of the molecule is CCC1CN(c2nccc(Nc3cc(C4CCCC4)[nH]n3)n2)CC1(F)F. The molecule has 0 radical (unpaired) electrons. The average molecular weight is 362 g/mol. The number of halogens is 2. The van der Waals surface area contributed by atoms with E-state index >= 15 is 0 Å². The minimum atomic E-state index is -2.69. The number of aromatic amines is 1. The van der Waals surface area contributed by atoms with Gasteiger partial charge in [0.2, 0.25) is 5.95 Å². The minimum absolute atomic E-state index is 0.279. The molecule has 4 rings (SSSR count). The van der Waals surface area contributed by atoms with Crippen molar-refractivity contribution in [3.05, 3.63) is 24.0 Å². The Hall–Kier alpha value is -2.25. The van der Waals surface area contributed by atoms with E-state index in [-0.39, 0.29) is 13.1 Å². The molecule has 1 unspecified atom stereocenters. The van der Waals surface area contributed by atoms with Gasteiger partial charge in [0.25, 0.3) is 5.92 Å². The molecule has 2 aliphatic rings. The molecule has 0 aromatic carbocycles. The van der Waals surface area contributed by atoms with Gasteiger partial charge in [-0.25, -0.2) is 13.8 Å². The van der Waals surface area contributed by atoms with E-state index in [2.05, 4.69) is 25.5 Å². The van der Waals surface area contributed by atoms with Gasteiger partial charge in [0.15, 0.2) is 5.82 Å². The normalized spacial score (nSPS) is 22.9. The Morgan fingerprint density at radius 1 is 1.31 bits per heavy atom. The van der Waals surface area contributed by atoms with Crippen molar-refractivity contribution in [2.75, 3.05) is 23.3 Å². The van der Waals surface area contributed by atoms with E-state index < -0.39 is 11.8 Å². The summed E-state index contributed by atoms with van der Waals surface area (Å²) >= 11 is 0. The largest absolute Gasteiger partial charge is 0.334 e. The third-order valence-electron chi connectivity index (χ3n) is 5.51. The highest BCUT2D eigenvalue weighted by Crippen LogP contribution is 2.37. The number of nitrogens with zero attached hydrogens (tertiary/aromatic N) is 4. The van der Waals surface area contributed by atoms with Crippen LogP contribution in [0.25, 0.3) is 0 Å². The summed E-state index contributed by atoms with van der Waals surface area (Å²) in [7, 11) is 0. The molecular weight excluding hydrogens is 338 g/mol. The first-order valence-electron chi connectivity index (χ1n) is 9.33. The highest BCUT2D eigenvalue weighted by molar-refractivity contribution is 5.53. The lowest BCUT2D eigenvalue weighted by Gasteiger charge is -2.16. The fourth-order valence-electron chi connectivity index (χ4n) is 3.98. The van der Waals surface area contributed by atoms with Gasteiger partial charge in [0.05, 0.1) is 6.54 Å². The lowest BCUT2D eigenvalue weighted by molar-refractivity contribution is -0.0217. The molecule has 0 bridgehead atoms. The zero-order chi connectivity index (χ0) is 18.1. The monoisotopic (exact) mass is 362 g/mol. The van der Waals surface area contributed by atoms with E-state index in [0.717, 1.165) is 5.69 Å². The van der Waals surface area contributed by atoms with Crippen LogP contribution in [0.3, 0.4) is 0 Å². The van der Waals surface area contributed by atoms with Crippen LogP contribution in [-0.4, -0.2) is 39.2 Å². The fourth-order valence-corrected chi connectivity index (χ4v) is 3.98. The van der Waals surface area contributed by atoms with E-state index in [1.165, 1.54) is 25.7 Å². The van der Waals surface area contributed by atoms with Gasteiger partial charge in [-0.05, 0) is 25.3 Å². The molecule has 8 heteroatoms. The molecule has 1 saturated carbocycles. The number of hydrogen-bond donors (Lipinski definition) is 2. The summed E-state index contributed by atoms with van der Waals surface area (Å²) in [4.78, 5) is 10.1. The Morgan fingerprint density at radius 3 is 2.85 bits per heavy atom. The van der Waals surface area contributed by atoms with Crippen LogP contribution in [0.5, 0.6) is 0 Å². The zero-order valence-corrected chi connectivity index (χ0v) is 14.9. The molecule has 0 spiro atoms. The standard InChI is InChI=1S/C18H24F2N6/c1-2-13-10-26(11-18(13,19)20)17-21-8-7-15(23-17)22-16-9-14(24-25-16)12-5-3-4-6-12/h7-9,12-13H,2-6,10-11H2,1H3,(H2,21,22,23,24,25). The van der Waals surface area contributed by atoms with Crippen molar-refractivity contribution >= 4 is 17.6 Å². The number of anilines is 3. The Labute approximate surface area is 151 Å². The maximum atomic E-state index is 14.0. The lowest BCUT2D eigenvalue weighted by Crippen LogP contribution is -2.28. The molecule has 2 N–H and O–H groups in total. The van der Waals surface area contributed by atoms with Crippen LogP contribution in [0.15, 0.2) is 18.3 Å². The molecule has 6 nitrogen and oxygen atoms in total. The molecule has 140 valence electrons. The van der Waals surface area contributed by atoms with Crippen LogP contribution in [0, 0.1) is 5.92 Å². The third kappa shape index (κ3) is 3.37. The van der Waals surface area contributed by atoms with E-state index in [1.54, 1.807) is 24.1 Å². The molecule has 26 heavy (non-hydrogen) atoms. The molecule has 2 fully saturated rings. The molecule has 1 aliphatic heterocycles. The van der Waals surface area contributed by atoms with Gasteiger partial charge >= 0.3 is 0 Å². The molecule has 0 amide bonds. The molecule has 1 aliphatic carbocycles. The number of rotatable bonds is 5. The number of nitrogens with one attached hydrogen (secondary N) is 2. The van der Waals surface area contributed by atoms with Crippen molar-refractivity contribution in [2.45, 2.75) is 50.9 Å². The summed E-state index contributed by atoms with van der Waals surface area (Å²) in [5, 5.41) is 10.5. The van der Waals surface area contributed by atoms with Crippen molar-refractivity contribution < 1.29 is 8.78 Å². The molecule has 1 atom stereocenters. The molecule has 2 aromatic heterocycles. The maximum Gasteiger partial charge on any atom is 0.269 e. The smallest absolute Gasteiger partial charge is 0.269 e. The second-order valence-electron chi connectivity index (χ2n) is 7.30. The molecule has 2 aromatic rings. The highest BCUT2D eigenvalue weighted by atomic mass is 19.3. The Bertz CT molecular complexity index is 756. The predicted octanol–water partition coefficient (Wildman–Crippen LogP) is 4.08. The second-order valence-corrected chi connectivity index (χ2v) is 7.30. The van der Waals surface area contributed by atoms with Gasteiger partial charge in [0, 0.05) is 36.3 Å². The summed E-state index contributed by atoms with van der Waals surface area (Å²) in [6.45, 7) is 1.74. The second kappa shape index (κ2) is 6.81. The number of aromatic nitrogens is 4. The van der Waals surface area contributed by atoms with Gasteiger partial charge in [-0.3, -0.25) is 5.10 Å². The quantitative estimate of drug-likeness (QED) is 0.839. The van der Waals surface area contributed by atoms with Crippen molar-refractivity contribution in [1.29, 1.82) is 0 Å². The van der Waals surface area contributed by atoms with E-state index in [0.29, 0.717) is 29.9 Å². The highest BCUT2D eigenvalue weighted by Gasteiger charge is 2.47. The summed E-state index contributed by atoms with van der Waals surface area (Å²) in [6, 6.07) is 3.73. The summed E-state index contributed by atoms with van der Waals surface area (Å²) in [5.41, 5.74) is 1.14. The van der Waals surface area contributed by atoms with E-state index in [4.69, 9.17) is 0 Å². The summed E-state index contributed by atoms with van der Waals surface area (Å²) in [6.07, 6.45) is 6.95. The third-order valence-corrected chi connectivity index (χ3v) is 5.51. The van der Waals surface area contributed by atoms with Crippen LogP contribution in [0.1, 0.15) is 50.6 Å². The molecular formula is C18H24F2N6. The van der Waals surface area contributed by atoms with Crippen LogP contribution in [-0.2, 0) is 0 Å². The van der Waals surface area contributed by atoms with Gasteiger partial charge in [0.1, 0.15) is 5.82 Å². The van der Waals surface area contributed by atoms with Gasteiger partial charge < -0.3 is 10.2 Å². The lowest BCUT2D eigenvalue weighted by atomic mass is 10.0. The minimum Gasteiger partial charge on any atom is -0.334 e. The summed E-state index contributed by atoms with van der Waals surface area (Å²) < 4.78 is 28.0. The van der Waals surface area contributed by atoms with E-state index in [1.807, 2.05) is 6.07 Å². The van der Waals surface area contributed by atoms with Gasteiger partial charge in [-0.2, -0.15) is 10.1 Å². The van der Waals surface area contributed by atoms with Crippen molar-refractivity contribution in [1.82, 2.24) is 20.2 Å². The summed E-state index contributed by atoms with van der Waals surface area (Å²) in [5.74, 6) is -1.21. The molecule has 1 saturated heterocycles. The number of alkyl halides is 2. The van der Waals surface area contributed by atoms with Crippen molar-refractivity contribution in [2.24, 2.45) is 5.92 Å². The van der Waals surface area contributed by atoms with Crippen molar-refractivity contribution in [3.8, 4) is 0 Å². The first-order chi connectivity index (χ1) is 12.5. The van der Waals surface area contributed by atoms with E-state index in [9.17, 15) is 8.78 Å². The van der Waals surface area contributed by atoms with Crippen LogP contribution < -0.4 is 10.2 Å². The topological polar surface area (TPSA) is 69.7 Å². The Kier molecular flexibility index (Phi) is 4.50. The van der Waals surface area contributed by atoms with Crippen LogP contribution >= 0.6 is 0 Å². The number of H-pyrrole nitrogens is 1. The van der Waals surface area contributed by atoms with Crippen LogP contribution in [0.2, 0.25) is 0 Å². The van der Waals surface area contributed by atoms with Crippen LogP contribution in [0.4, 0.5) is 26.4 Å². The van der Waals surface area contributed by atoms with Gasteiger partial charge in [-0.1, -0.05) is 19.8 Å². The average Bonchev–Trinajstić information content (AvgIpc) is 3.34. The first-order valence-corrected chi connectivity index (χ1v) is 9.33. The molecule has 3 heterocycles. The number of hydrogen-bond acceptors (Lipinski definition) is 5.